The van der Waals surface area contributed by atoms with Crippen molar-refractivity contribution < 1.29 is 13.2 Å². The summed E-state index contributed by atoms with van der Waals surface area (Å²) in [5.74, 6) is 0.732. The van der Waals surface area contributed by atoms with Crippen LogP contribution in [0.3, 0.4) is 0 Å². The van der Waals surface area contributed by atoms with Gasteiger partial charge in [0.25, 0.3) is 0 Å². The molecule has 0 aromatic heterocycles. The average Bonchev–Trinajstić information content (AvgIpc) is 2.50. The Morgan fingerprint density at radius 3 is 2.65 bits per heavy atom. The molecule has 1 unspecified atom stereocenters. The second kappa shape index (κ2) is 6.50. The standard InChI is InChI=1S/C17H24N2O3S/c1-5-9-19(23(20,21)6-2)15-11-17(3,4)22-16-8-7-13(12-18)10-14(15)16/h7-8,10,15H,5-6,9,11H2,1-4H3. The Hall–Kier alpha value is -1.58. The first kappa shape index (κ1) is 17.8. The number of hydrogen-bond acceptors (Lipinski definition) is 4. The molecule has 1 aliphatic rings. The highest BCUT2D eigenvalue weighted by atomic mass is 32.2. The van der Waals surface area contributed by atoms with Crippen LogP contribution in [0.4, 0.5) is 0 Å². The van der Waals surface area contributed by atoms with E-state index < -0.39 is 15.6 Å². The van der Waals surface area contributed by atoms with Crippen LogP contribution in [0.2, 0.25) is 0 Å². The lowest BCUT2D eigenvalue weighted by Crippen LogP contribution is -2.44. The molecular formula is C17H24N2O3S. The molecule has 1 aromatic carbocycles. The number of hydrogen-bond donors (Lipinski definition) is 0. The zero-order valence-electron chi connectivity index (χ0n) is 14.2. The maximum absolute atomic E-state index is 12.6. The molecule has 1 heterocycles. The van der Waals surface area contributed by atoms with Crippen molar-refractivity contribution in [2.75, 3.05) is 12.3 Å². The van der Waals surface area contributed by atoms with Gasteiger partial charge in [-0.2, -0.15) is 9.57 Å². The van der Waals surface area contributed by atoms with Crippen LogP contribution in [0, 0.1) is 11.3 Å². The summed E-state index contributed by atoms with van der Waals surface area (Å²) in [6.45, 7) is 8.02. The highest BCUT2D eigenvalue weighted by Gasteiger charge is 2.40. The average molecular weight is 336 g/mol. The fourth-order valence-corrected chi connectivity index (χ4v) is 4.39. The quantitative estimate of drug-likeness (QED) is 0.828. The lowest BCUT2D eigenvalue weighted by molar-refractivity contribution is 0.0503. The normalized spacial score (nSPS) is 19.7. The van der Waals surface area contributed by atoms with Gasteiger partial charge in [0, 0.05) is 18.5 Å². The Morgan fingerprint density at radius 1 is 1.39 bits per heavy atom. The predicted molar refractivity (Wildman–Crippen MR) is 89.7 cm³/mol. The van der Waals surface area contributed by atoms with Gasteiger partial charge in [0.15, 0.2) is 0 Å². The van der Waals surface area contributed by atoms with E-state index in [0.29, 0.717) is 24.3 Å². The fraction of sp³-hybridized carbons (Fsp3) is 0.588. The van der Waals surface area contributed by atoms with E-state index in [1.54, 1.807) is 29.4 Å². The minimum absolute atomic E-state index is 0.0675. The van der Waals surface area contributed by atoms with E-state index in [1.807, 2.05) is 20.8 Å². The first-order valence-corrected chi connectivity index (χ1v) is 9.57. The smallest absolute Gasteiger partial charge is 0.214 e. The van der Waals surface area contributed by atoms with Gasteiger partial charge in [-0.15, -0.1) is 0 Å². The van der Waals surface area contributed by atoms with Crippen molar-refractivity contribution in [2.24, 2.45) is 0 Å². The summed E-state index contributed by atoms with van der Waals surface area (Å²) < 4.78 is 32.7. The molecule has 2 rings (SSSR count). The number of nitriles is 1. The number of ether oxygens (including phenoxy) is 1. The Balaban J connectivity index is 2.58. The van der Waals surface area contributed by atoms with E-state index in [1.165, 1.54) is 0 Å². The lowest BCUT2D eigenvalue weighted by atomic mass is 9.89. The van der Waals surface area contributed by atoms with Crippen LogP contribution in [0.5, 0.6) is 5.75 Å². The molecule has 0 fully saturated rings. The largest absolute Gasteiger partial charge is 0.487 e. The highest BCUT2D eigenvalue weighted by Crippen LogP contribution is 2.43. The van der Waals surface area contributed by atoms with Crippen LogP contribution in [0.15, 0.2) is 18.2 Å². The summed E-state index contributed by atoms with van der Waals surface area (Å²) in [7, 11) is -3.34. The summed E-state index contributed by atoms with van der Waals surface area (Å²) >= 11 is 0. The summed E-state index contributed by atoms with van der Waals surface area (Å²) in [4.78, 5) is 0. The number of nitrogens with zero attached hydrogens (tertiary/aromatic N) is 2. The SMILES string of the molecule is CCCN(C1CC(C)(C)Oc2ccc(C#N)cc21)S(=O)(=O)CC. The fourth-order valence-electron chi connectivity index (χ4n) is 3.02. The Kier molecular flexibility index (Phi) is 5.02. The molecule has 0 radical (unpaired) electrons. The van der Waals surface area contributed by atoms with Crippen molar-refractivity contribution >= 4 is 10.0 Å². The topological polar surface area (TPSA) is 70.4 Å². The monoisotopic (exact) mass is 336 g/mol. The maximum atomic E-state index is 12.6. The molecule has 0 bridgehead atoms. The van der Waals surface area contributed by atoms with Crippen LogP contribution in [-0.4, -0.2) is 30.6 Å². The molecule has 1 aliphatic heterocycles. The van der Waals surface area contributed by atoms with E-state index in [2.05, 4.69) is 6.07 Å². The van der Waals surface area contributed by atoms with Gasteiger partial charge in [0.1, 0.15) is 11.4 Å². The van der Waals surface area contributed by atoms with E-state index in [4.69, 9.17) is 10.00 Å². The molecule has 5 nitrogen and oxygen atoms in total. The summed E-state index contributed by atoms with van der Waals surface area (Å²) in [6.07, 6.45) is 1.30. The van der Waals surface area contributed by atoms with Crippen molar-refractivity contribution in [1.29, 1.82) is 5.26 Å². The first-order chi connectivity index (χ1) is 10.7. The molecule has 1 aromatic rings. The van der Waals surface area contributed by atoms with Gasteiger partial charge in [0.05, 0.1) is 23.4 Å². The van der Waals surface area contributed by atoms with Crippen LogP contribution in [0.25, 0.3) is 0 Å². The van der Waals surface area contributed by atoms with Gasteiger partial charge in [0.2, 0.25) is 10.0 Å². The zero-order chi connectivity index (χ0) is 17.3. The molecule has 0 aliphatic carbocycles. The van der Waals surface area contributed by atoms with E-state index in [0.717, 1.165) is 12.0 Å². The van der Waals surface area contributed by atoms with Gasteiger partial charge in [-0.05, 0) is 45.4 Å². The lowest BCUT2D eigenvalue weighted by Gasteiger charge is -2.42. The predicted octanol–water partition coefficient (Wildman–Crippen LogP) is 3.22. The minimum Gasteiger partial charge on any atom is -0.487 e. The van der Waals surface area contributed by atoms with Gasteiger partial charge < -0.3 is 4.74 Å². The molecule has 0 saturated carbocycles. The van der Waals surface area contributed by atoms with Gasteiger partial charge in [-0.3, -0.25) is 0 Å². The van der Waals surface area contributed by atoms with Crippen molar-refractivity contribution in [3.05, 3.63) is 29.3 Å². The summed E-state index contributed by atoms with van der Waals surface area (Å²) in [5.41, 5.74) is 0.845. The number of benzene rings is 1. The second-order valence-corrected chi connectivity index (χ2v) is 8.67. The number of sulfonamides is 1. The van der Waals surface area contributed by atoms with Gasteiger partial charge in [-0.25, -0.2) is 8.42 Å². The summed E-state index contributed by atoms with van der Waals surface area (Å²) in [5, 5.41) is 9.15. The Labute approximate surface area is 138 Å². The first-order valence-electron chi connectivity index (χ1n) is 7.96. The number of fused-ring (bicyclic) bond motifs is 1. The molecular weight excluding hydrogens is 312 g/mol. The molecule has 0 saturated heterocycles. The highest BCUT2D eigenvalue weighted by molar-refractivity contribution is 7.89. The summed E-state index contributed by atoms with van der Waals surface area (Å²) in [6, 6.07) is 7.04. The van der Waals surface area contributed by atoms with Crippen molar-refractivity contribution in [3.63, 3.8) is 0 Å². The Morgan fingerprint density at radius 2 is 2.09 bits per heavy atom. The van der Waals surface area contributed by atoms with Gasteiger partial charge >= 0.3 is 0 Å². The molecule has 0 spiro atoms. The molecule has 0 amide bonds. The third-order valence-corrected chi connectivity index (χ3v) is 5.96. The minimum atomic E-state index is -3.34. The van der Waals surface area contributed by atoms with Crippen molar-refractivity contribution in [1.82, 2.24) is 4.31 Å². The van der Waals surface area contributed by atoms with Crippen molar-refractivity contribution in [2.45, 2.75) is 52.2 Å². The molecule has 126 valence electrons. The van der Waals surface area contributed by atoms with Crippen LogP contribution >= 0.6 is 0 Å². The number of rotatable bonds is 5. The van der Waals surface area contributed by atoms with Crippen LogP contribution in [-0.2, 0) is 10.0 Å². The molecule has 23 heavy (non-hydrogen) atoms. The molecule has 6 heteroatoms. The molecule has 0 N–H and O–H groups in total. The van der Waals surface area contributed by atoms with E-state index in [-0.39, 0.29) is 11.8 Å². The third-order valence-electron chi connectivity index (χ3n) is 4.08. The Bertz CT molecular complexity index is 720. The van der Waals surface area contributed by atoms with Gasteiger partial charge in [-0.1, -0.05) is 6.92 Å². The third kappa shape index (κ3) is 3.67. The van der Waals surface area contributed by atoms with Crippen LogP contribution in [0.1, 0.15) is 57.7 Å². The zero-order valence-corrected chi connectivity index (χ0v) is 15.0. The van der Waals surface area contributed by atoms with Crippen LogP contribution < -0.4 is 4.74 Å². The molecule has 1 atom stereocenters. The van der Waals surface area contributed by atoms with Crippen molar-refractivity contribution in [3.8, 4) is 11.8 Å². The van der Waals surface area contributed by atoms with E-state index >= 15 is 0 Å². The van der Waals surface area contributed by atoms with E-state index in [9.17, 15) is 8.42 Å². The second-order valence-electron chi connectivity index (χ2n) is 6.46. The maximum Gasteiger partial charge on any atom is 0.214 e.